The van der Waals surface area contributed by atoms with Crippen molar-refractivity contribution >= 4 is 28.8 Å². The molecule has 1 amide bonds. The van der Waals surface area contributed by atoms with Gasteiger partial charge in [0.2, 0.25) is 0 Å². The van der Waals surface area contributed by atoms with E-state index >= 15 is 0 Å². The van der Waals surface area contributed by atoms with Gasteiger partial charge < -0.3 is 5.32 Å². The molecule has 1 atom stereocenters. The summed E-state index contributed by atoms with van der Waals surface area (Å²) in [5.74, 6) is 1.13. The molecule has 0 bridgehead atoms. The summed E-state index contributed by atoms with van der Waals surface area (Å²) < 4.78 is 0. The second kappa shape index (κ2) is 6.92. The Kier molecular flexibility index (Phi) is 5.85. The maximum Gasteiger partial charge on any atom is 0.261 e. The van der Waals surface area contributed by atoms with E-state index in [-0.39, 0.29) is 5.91 Å². The molecule has 0 fully saturated rings. The summed E-state index contributed by atoms with van der Waals surface area (Å²) in [5, 5.41) is 4.93. The van der Waals surface area contributed by atoms with Gasteiger partial charge in [-0.2, -0.15) is 0 Å². The predicted molar refractivity (Wildman–Crippen MR) is 70.5 cm³/mol. The fourth-order valence-electron chi connectivity index (χ4n) is 1.45. The minimum absolute atomic E-state index is 0.0493. The van der Waals surface area contributed by atoms with Gasteiger partial charge in [-0.25, -0.2) is 0 Å². The van der Waals surface area contributed by atoms with Crippen molar-refractivity contribution in [2.75, 3.05) is 12.4 Å². The van der Waals surface area contributed by atoms with Crippen molar-refractivity contribution in [3.8, 4) is 0 Å². The average Bonchev–Trinajstić information content (AvgIpc) is 2.74. The van der Waals surface area contributed by atoms with Crippen LogP contribution in [-0.2, 0) is 6.42 Å². The van der Waals surface area contributed by atoms with E-state index < -0.39 is 0 Å². The van der Waals surface area contributed by atoms with E-state index in [0.717, 1.165) is 23.3 Å². The molecule has 1 heterocycles. The van der Waals surface area contributed by atoms with Gasteiger partial charge in [0, 0.05) is 12.4 Å². The molecule has 1 aromatic heterocycles. The number of amides is 1. The molecule has 90 valence electrons. The minimum Gasteiger partial charge on any atom is -0.351 e. The lowest BCUT2D eigenvalue weighted by Crippen LogP contribution is -2.28. The first kappa shape index (κ1) is 13.5. The van der Waals surface area contributed by atoms with E-state index in [9.17, 15) is 4.79 Å². The molecule has 1 aromatic rings. The first-order valence-electron chi connectivity index (χ1n) is 5.59. The third kappa shape index (κ3) is 3.80. The van der Waals surface area contributed by atoms with E-state index in [1.54, 1.807) is 0 Å². The first-order chi connectivity index (χ1) is 7.69. The molecule has 0 radical (unpaired) electrons. The molecule has 0 aliphatic rings. The molecule has 4 heteroatoms. The van der Waals surface area contributed by atoms with Crippen LogP contribution in [0.4, 0.5) is 0 Å². The Hall–Kier alpha value is -0.540. The molecule has 0 aromatic carbocycles. The van der Waals surface area contributed by atoms with E-state index in [0.29, 0.717) is 18.3 Å². The standard InChI is InChI=1S/C12H18ClNOS/c1-3-10-5-7-16-11(10)12(15)14-8-9(2)4-6-13/h5,7,9H,3-4,6,8H2,1-2H3,(H,14,15). The van der Waals surface area contributed by atoms with Crippen LogP contribution >= 0.6 is 22.9 Å². The van der Waals surface area contributed by atoms with Gasteiger partial charge in [0.25, 0.3) is 5.91 Å². The number of rotatable bonds is 6. The van der Waals surface area contributed by atoms with Crippen molar-refractivity contribution in [3.05, 3.63) is 21.9 Å². The first-order valence-corrected chi connectivity index (χ1v) is 7.01. The van der Waals surface area contributed by atoms with Gasteiger partial charge in [0.05, 0.1) is 4.88 Å². The Morgan fingerprint density at radius 1 is 1.62 bits per heavy atom. The monoisotopic (exact) mass is 259 g/mol. The number of carbonyl (C=O) groups excluding carboxylic acids is 1. The maximum atomic E-state index is 11.9. The van der Waals surface area contributed by atoms with Crippen molar-refractivity contribution in [1.29, 1.82) is 0 Å². The van der Waals surface area contributed by atoms with E-state index in [1.807, 2.05) is 11.4 Å². The van der Waals surface area contributed by atoms with Crippen LogP contribution in [0, 0.1) is 5.92 Å². The van der Waals surface area contributed by atoms with Crippen LogP contribution in [0.15, 0.2) is 11.4 Å². The maximum absolute atomic E-state index is 11.9. The van der Waals surface area contributed by atoms with Gasteiger partial charge in [-0.05, 0) is 35.8 Å². The van der Waals surface area contributed by atoms with Crippen LogP contribution in [0.2, 0.25) is 0 Å². The Morgan fingerprint density at radius 2 is 2.38 bits per heavy atom. The molecular weight excluding hydrogens is 242 g/mol. The van der Waals surface area contributed by atoms with Crippen molar-refractivity contribution in [3.63, 3.8) is 0 Å². The van der Waals surface area contributed by atoms with Crippen molar-refractivity contribution in [2.24, 2.45) is 5.92 Å². The van der Waals surface area contributed by atoms with Crippen LogP contribution in [0.25, 0.3) is 0 Å². The molecule has 1 rings (SSSR count). The number of alkyl halides is 1. The molecule has 2 nitrogen and oxygen atoms in total. The van der Waals surface area contributed by atoms with E-state index in [1.165, 1.54) is 11.3 Å². The molecule has 0 saturated carbocycles. The Balaban J connectivity index is 2.46. The van der Waals surface area contributed by atoms with Gasteiger partial charge in [-0.3, -0.25) is 4.79 Å². The van der Waals surface area contributed by atoms with Gasteiger partial charge >= 0.3 is 0 Å². The lowest BCUT2D eigenvalue weighted by atomic mass is 10.1. The molecule has 1 N–H and O–H groups in total. The SMILES string of the molecule is CCc1ccsc1C(=O)NCC(C)CCCl. The molecular formula is C12H18ClNOS. The zero-order valence-electron chi connectivity index (χ0n) is 9.75. The average molecular weight is 260 g/mol. The summed E-state index contributed by atoms with van der Waals surface area (Å²) in [6.07, 6.45) is 1.84. The quantitative estimate of drug-likeness (QED) is 0.781. The third-order valence-corrected chi connectivity index (χ3v) is 3.72. The number of carbonyl (C=O) groups is 1. The largest absolute Gasteiger partial charge is 0.351 e. The van der Waals surface area contributed by atoms with E-state index in [2.05, 4.69) is 19.2 Å². The van der Waals surface area contributed by atoms with Gasteiger partial charge in [0.15, 0.2) is 0 Å². The fraction of sp³-hybridized carbons (Fsp3) is 0.583. The Bertz CT molecular complexity index is 338. The van der Waals surface area contributed by atoms with Crippen LogP contribution in [0.5, 0.6) is 0 Å². The number of aryl methyl sites for hydroxylation is 1. The van der Waals surface area contributed by atoms with Crippen LogP contribution in [0.3, 0.4) is 0 Å². The summed E-state index contributed by atoms with van der Waals surface area (Å²) in [6.45, 7) is 4.86. The van der Waals surface area contributed by atoms with Gasteiger partial charge in [-0.1, -0.05) is 13.8 Å². The van der Waals surface area contributed by atoms with Gasteiger partial charge in [-0.15, -0.1) is 22.9 Å². The number of hydrogen-bond donors (Lipinski definition) is 1. The summed E-state index contributed by atoms with van der Waals surface area (Å²) in [6, 6.07) is 2.02. The summed E-state index contributed by atoms with van der Waals surface area (Å²) in [7, 11) is 0. The second-order valence-electron chi connectivity index (χ2n) is 3.92. The van der Waals surface area contributed by atoms with Crippen LogP contribution < -0.4 is 5.32 Å². The molecule has 0 aliphatic carbocycles. The highest BCUT2D eigenvalue weighted by Crippen LogP contribution is 2.17. The highest BCUT2D eigenvalue weighted by Gasteiger charge is 2.12. The normalized spacial score (nSPS) is 12.4. The topological polar surface area (TPSA) is 29.1 Å². The zero-order valence-corrected chi connectivity index (χ0v) is 11.3. The van der Waals surface area contributed by atoms with Crippen molar-refractivity contribution in [2.45, 2.75) is 26.7 Å². The number of thiophene rings is 1. The summed E-state index contributed by atoms with van der Waals surface area (Å²) >= 11 is 7.16. The Labute approximate surface area is 106 Å². The number of nitrogens with one attached hydrogen (secondary N) is 1. The van der Waals surface area contributed by atoms with Crippen molar-refractivity contribution in [1.82, 2.24) is 5.32 Å². The van der Waals surface area contributed by atoms with Crippen LogP contribution in [0.1, 0.15) is 35.5 Å². The van der Waals surface area contributed by atoms with Gasteiger partial charge in [0.1, 0.15) is 0 Å². The van der Waals surface area contributed by atoms with E-state index in [4.69, 9.17) is 11.6 Å². The molecule has 0 saturated heterocycles. The lowest BCUT2D eigenvalue weighted by molar-refractivity contribution is 0.0951. The summed E-state index contributed by atoms with van der Waals surface area (Å²) in [5.41, 5.74) is 1.13. The number of halogens is 1. The molecule has 1 unspecified atom stereocenters. The second-order valence-corrected chi connectivity index (χ2v) is 5.22. The lowest BCUT2D eigenvalue weighted by Gasteiger charge is -2.10. The highest BCUT2D eigenvalue weighted by atomic mass is 35.5. The Morgan fingerprint density at radius 3 is 3.00 bits per heavy atom. The highest BCUT2D eigenvalue weighted by molar-refractivity contribution is 7.12. The molecule has 16 heavy (non-hydrogen) atoms. The zero-order chi connectivity index (χ0) is 12.0. The summed E-state index contributed by atoms with van der Waals surface area (Å²) in [4.78, 5) is 12.7. The number of hydrogen-bond acceptors (Lipinski definition) is 2. The minimum atomic E-state index is 0.0493. The molecule has 0 aliphatic heterocycles. The van der Waals surface area contributed by atoms with Crippen LogP contribution in [-0.4, -0.2) is 18.3 Å². The third-order valence-electron chi connectivity index (χ3n) is 2.55. The van der Waals surface area contributed by atoms with Crippen molar-refractivity contribution < 1.29 is 4.79 Å². The predicted octanol–water partition coefficient (Wildman–Crippen LogP) is 3.31. The smallest absolute Gasteiger partial charge is 0.261 e. The molecule has 0 spiro atoms. The fourth-order valence-corrected chi connectivity index (χ4v) is 2.73.